The molecular formula is C16H26BrNO3. The molecule has 21 heavy (non-hydrogen) atoms. The standard InChI is InChI=1S/C16H26BrNO3/c1-4-18-13(2)15-12-14(17)6-7-16(15)21-11-10-20-9-5-8-19-3/h6-7,12-13,18H,4-5,8-11H2,1-3H3. The van der Waals surface area contributed by atoms with Crippen molar-refractivity contribution >= 4 is 15.9 Å². The summed E-state index contributed by atoms with van der Waals surface area (Å²) in [6, 6.07) is 6.35. The number of hydrogen-bond acceptors (Lipinski definition) is 4. The summed E-state index contributed by atoms with van der Waals surface area (Å²) in [6.45, 7) is 7.75. The summed E-state index contributed by atoms with van der Waals surface area (Å²) >= 11 is 3.51. The second kappa shape index (κ2) is 11.0. The third-order valence-electron chi connectivity index (χ3n) is 3.07. The Morgan fingerprint density at radius 3 is 2.71 bits per heavy atom. The second-order valence-corrected chi connectivity index (χ2v) is 5.68. The van der Waals surface area contributed by atoms with Gasteiger partial charge in [0.05, 0.1) is 6.61 Å². The van der Waals surface area contributed by atoms with Crippen LogP contribution in [0.4, 0.5) is 0 Å². The molecule has 0 aromatic heterocycles. The van der Waals surface area contributed by atoms with Crippen LogP contribution < -0.4 is 10.1 Å². The number of methoxy groups -OCH3 is 1. The van der Waals surface area contributed by atoms with E-state index in [0.29, 0.717) is 19.8 Å². The smallest absolute Gasteiger partial charge is 0.124 e. The molecule has 1 N–H and O–H groups in total. The summed E-state index contributed by atoms with van der Waals surface area (Å²) in [6.07, 6.45) is 0.914. The van der Waals surface area contributed by atoms with Crippen molar-refractivity contribution in [1.29, 1.82) is 0 Å². The topological polar surface area (TPSA) is 39.7 Å². The summed E-state index contributed by atoms with van der Waals surface area (Å²) in [4.78, 5) is 0. The van der Waals surface area contributed by atoms with Crippen LogP contribution in [0.2, 0.25) is 0 Å². The summed E-state index contributed by atoms with van der Waals surface area (Å²) in [5.74, 6) is 0.909. The maximum Gasteiger partial charge on any atom is 0.124 e. The van der Waals surface area contributed by atoms with Crippen molar-refractivity contribution < 1.29 is 14.2 Å². The van der Waals surface area contributed by atoms with E-state index in [9.17, 15) is 0 Å². The van der Waals surface area contributed by atoms with E-state index in [0.717, 1.165) is 35.4 Å². The average molecular weight is 360 g/mol. The van der Waals surface area contributed by atoms with Crippen LogP contribution >= 0.6 is 15.9 Å². The zero-order valence-electron chi connectivity index (χ0n) is 13.2. The van der Waals surface area contributed by atoms with Gasteiger partial charge in [0.25, 0.3) is 0 Å². The van der Waals surface area contributed by atoms with Crippen LogP contribution in [0, 0.1) is 0 Å². The lowest BCUT2D eigenvalue weighted by atomic mass is 10.1. The summed E-state index contributed by atoms with van der Waals surface area (Å²) in [5, 5.41) is 3.41. The summed E-state index contributed by atoms with van der Waals surface area (Å²) < 4.78 is 17.4. The van der Waals surface area contributed by atoms with Gasteiger partial charge in [-0.05, 0) is 38.1 Å². The molecule has 0 saturated heterocycles. The summed E-state index contributed by atoms with van der Waals surface area (Å²) in [5.41, 5.74) is 1.16. The van der Waals surface area contributed by atoms with Crippen LogP contribution in [0.25, 0.3) is 0 Å². The molecule has 0 aliphatic carbocycles. The first-order valence-electron chi connectivity index (χ1n) is 7.41. The van der Waals surface area contributed by atoms with Crippen LogP contribution in [0.15, 0.2) is 22.7 Å². The number of rotatable bonds is 11. The van der Waals surface area contributed by atoms with Crippen molar-refractivity contribution in [3.63, 3.8) is 0 Å². The van der Waals surface area contributed by atoms with Gasteiger partial charge in [-0.15, -0.1) is 0 Å². The molecule has 1 atom stereocenters. The molecule has 0 saturated carbocycles. The fourth-order valence-electron chi connectivity index (χ4n) is 2.02. The largest absolute Gasteiger partial charge is 0.491 e. The van der Waals surface area contributed by atoms with E-state index in [1.807, 2.05) is 12.1 Å². The highest BCUT2D eigenvalue weighted by atomic mass is 79.9. The Morgan fingerprint density at radius 2 is 2.00 bits per heavy atom. The van der Waals surface area contributed by atoms with Gasteiger partial charge in [-0.3, -0.25) is 0 Å². The minimum absolute atomic E-state index is 0.255. The molecule has 1 aromatic carbocycles. The summed E-state index contributed by atoms with van der Waals surface area (Å²) in [7, 11) is 1.70. The molecule has 5 heteroatoms. The highest BCUT2D eigenvalue weighted by Gasteiger charge is 2.11. The minimum atomic E-state index is 0.255. The fourth-order valence-corrected chi connectivity index (χ4v) is 2.40. The lowest BCUT2D eigenvalue weighted by Crippen LogP contribution is -2.19. The molecular weight excluding hydrogens is 334 g/mol. The Bertz CT molecular complexity index is 401. The van der Waals surface area contributed by atoms with Gasteiger partial charge < -0.3 is 19.5 Å². The zero-order chi connectivity index (χ0) is 15.5. The second-order valence-electron chi connectivity index (χ2n) is 4.77. The molecule has 0 bridgehead atoms. The van der Waals surface area contributed by atoms with Gasteiger partial charge in [0.2, 0.25) is 0 Å². The number of halogens is 1. The SMILES string of the molecule is CCNC(C)c1cc(Br)ccc1OCCOCCCOC. The predicted octanol–water partition coefficient (Wildman–Crippen LogP) is 3.55. The molecule has 0 aliphatic heterocycles. The molecule has 1 unspecified atom stereocenters. The van der Waals surface area contributed by atoms with Gasteiger partial charge in [-0.1, -0.05) is 22.9 Å². The molecule has 0 amide bonds. The van der Waals surface area contributed by atoms with Gasteiger partial charge in [0.15, 0.2) is 0 Å². The first kappa shape index (κ1) is 18.4. The number of ether oxygens (including phenoxy) is 3. The van der Waals surface area contributed by atoms with Gasteiger partial charge >= 0.3 is 0 Å². The van der Waals surface area contributed by atoms with E-state index >= 15 is 0 Å². The van der Waals surface area contributed by atoms with Crippen molar-refractivity contribution in [2.45, 2.75) is 26.3 Å². The van der Waals surface area contributed by atoms with Gasteiger partial charge in [0, 0.05) is 36.4 Å². The quantitative estimate of drug-likeness (QED) is 0.613. The minimum Gasteiger partial charge on any atom is -0.491 e. The van der Waals surface area contributed by atoms with Crippen molar-refractivity contribution in [3.05, 3.63) is 28.2 Å². The first-order valence-corrected chi connectivity index (χ1v) is 8.20. The molecule has 120 valence electrons. The van der Waals surface area contributed by atoms with Crippen LogP contribution in [0.5, 0.6) is 5.75 Å². The third-order valence-corrected chi connectivity index (χ3v) is 3.56. The van der Waals surface area contributed by atoms with Crippen LogP contribution in [0.1, 0.15) is 31.9 Å². The average Bonchev–Trinajstić information content (AvgIpc) is 2.47. The maximum atomic E-state index is 5.85. The highest BCUT2D eigenvalue weighted by molar-refractivity contribution is 9.10. The normalized spacial score (nSPS) is 12.4. The molecule has 0 fully saturated rings. The Morgan fingerprint density at radius 1 is 1.19 bits per heavy atom. The van der Waals surface area contributed by atoms with Crippen LogP contribution in [-0.2, 0) is 9.47 Å². The Balaban J connectivity index is 2.43. The van der Waals surface area contributed by atoms with E-state index in [1.54, 1.807) is 7.11 Å². The predicted molar refractivity (Wildman–Crippen MR) is 89.0 cm³/mol. The van der Waals surface area contributed by atoms with Crippen molar-refractivity contribution in [3.8, 4) is 5.75 Å². The molecule has 0 heterocycles. The zero-order valence-corrected chi connectivity index (χ0v) is 14.7. The van der Waals surface area contributed by atoms with Crippen molar-refractivity contribution in [1.82, 2.24) is 5.32 Å². The van der Waals surface area contributed by atoms with E-state index in [-0.39, 0.29) is 6.04 Å². The Hall–Kier alpha value is -0.620. The van der Waals surface area contributed by atoms with Gasteiger partial charge in [-0.2, -0.15) is 0 Å². The van der Waals surface area contributed by atoms with E-state index in [2.05, 4.69) is 41.2 Å². The highest BCUT2D eigenvalue weighted by Crippen LogP contribution is 2.28. The van der Waals surface area contributed by atoms with Gasteiger partial charge in [0.1, 0.15) is 12.4 Å². The van der Waals surface area contributed by atoms with E-state index < -0.39 is 0 Å². The number of benzene rings is 1. The number of hydrogen-bond donors (Lipinski definition) is 1. The maximum absolute atomic E-state index is 5.85. The van der Waals surface area contributed by atoms with Crippen molar-refractivity contribution in [2.24, 2.45) is 0 Å². The molecule has 4 nitrogen and oxygen atoms in total. The van der Waals surface area contributed by atoms with Crippen molar-refractivity contribution in [2.75, 3.05) is 40.1 Å². The molecule has 1 aromatic rings. The molecule has 0 spiro atoms. The fraction of sp³-hybridized carbons (Fsp3) is 0.625. The number of nitrogens with one attached hydrogen (secondary N) is 1. The lowest BCUT2D eigenvalue weighted by molar-refractivity contribution is 0.0803. The molecule has 0 aliphatic rings. The van der Waals surface area contributed by atoms with E-state index in [1.165, 1.54) is 0 Å². The van der Waals surface area contributed by atoms with Crippen LogP contribution in [-0.4, -0.2) is 40.1 Å². The molecule has 0 radical (unpaired) electrons. The molecule has 1 rings (SSSR count). The van der Waals surface area contributed by atoms with Crippen LogP contribution in [0.3, 0.4) is 0 Å². The third kappa shape index (κ3) is 7.27. The first-order chi connectivity index (χ1) is 10.2. The lowest BCUT2D eigenvalue weighted by Gasteiger charge is -2.18. The monoisotopic (exact) mass is 359 g/mol. The Kier molecular flexibility index (Phi) is 9.67. The Labute approximate surface area is 136 Å². The van der Waals surface area contributed by atoms with Gasteiger partial charge in [-0.25, -0.2) is 0 Å². The van der Waals surface area contributed by atoms with E-state index in [4.69, 9.17) is 14.2 Å².